The summed E-state index contributed by atoms with van der Waals surface area (Å²) >= 11 is 0. The van der Waals surface area contributed by atoms with Gasteiger partial charge in [0, 0.05) is 30.8 Å². The number of fused-ring (bicyclic) bond motifs is 3. The fourth-order valence-electron chi connectivity index (χ4n) is 4.19. The van der Waals surface area contributed by atoms with Crippen LogP contribution >= 0.6 is 0 Å². The van der Waals surface area contributed by atoms with E-state index in [1.165, 1.54) is 12.5 Å². The van der Waals surface area contributed by atoms with Crippen LogP contribution in [0.3, 0.4) is 0 Å². The smallest absolute Gasteiger partial charge is 0.407 e. The van der Waals surface area contributed by atoms with Crippen molar-refractivity contribution in [3.8, 4) is 11.1 Å². The number of carboxylic acids is 1. The lowest BCUT2D eigenvalue weighted by molar-refractivity contribution is -0.143. The number of carbonyl (C=O) groups excluding carboxylic acids is 2. The highest BCUT2D eigenvalue weighted by Gasteiger charge is 2.33. The van der Waals surface area contributed by atoms with Crippen molar-refractivity contribution in [2.45, 2.75) is 32.2 Å². The van der Waals surface area contributed by atoms with Gasteiger partial charge in [-0.25, -0.2) is 14.6 Å². The second-order valence-electron chi connectivity index (χ2n) is 9.21. The molecule has 182 valence electrons. The number of carbonyl (C=O) groups is 3. The Morgan fingerprint density at radius 3 is 2.29 bits per heavy atom. The quantitative estimate of drug-likeness (QED) is 0.375. The molecule has 4 rings (SSSR count). The fraction of sp³-hybridized carbons (Fsp3) is 0.308. The summed E-state index contributed by atoms with van der Waals surface area (Å²) in [5, 5.41) is 14.7. The van der Waals surface area contributed by atoms with Crippen molar-refractivity contribution in [1.82, 2.24) is 20.6 Å². The highest BCUT2D eigenvalue weighted by molar-refractivity contribution is 5.87. The van der Waals surface area contributed by atoms with Crippen molar-refractivity contribution in [2.24, 2.45) is 5.41 Å². The third-order valence-corrected chi connectivity index (χ3v) is 6.22. The van der Waals surface area contributed by atoms with Crippen molar-refractivity contribution in [3.05, 3.63) is 77.9 Å². The zero-order valence-electron chi connectivity index (χ0n) is 19.6. The first-order valence-corrected chi connectivity index (χ1v) is 11.4. The van der Waals surface area contributed by atoms with E-state index in [-0.39, 0.29) is 25.5 Å². The van der Waals surface area contributed by atoms with E-state index in [9.17, 15) is 19.5 Å². The van der Waals surface area contributed by atoms with Gasteiger partial charge in [-0.1, -0.05) is 48.5 Å². The Balaban J connectivity index is 1.32. The van der Waals surface area contributed by atoms with Crippen LogP contribution in [0, 0.1) is 5.41 Å². The first-order valence-electron chi connectivity index (χ1n) is 11.4. The number of aromatic nitrogens is 2. The number of rotatable bonds is 9. The number of hydrogen-bond donors (Lipinski definition) is 4. The number of aromatic amines is 1. The van der Waals surface area contributed by atoms with Crippen LogP contribution in [0.15, 0.2) is 61.1 Å². The molecule has 0 unspecified atom stereocenters. The zero-order valence-corrected chi connectivity index (χ0v) is 19.6. The Morgan fingerprint density at radius 2 is 1.71 bits per heavy atom. The Bertz CT molecular complexity index is 1180. The predicted molar refractivity (Wildman–Crippen MR) is 129 cm³/mol. The number of imidazole rings is 1. The number of ether oxygens (including phenoxy) is 1. The van der Waals surface area contributed by atoms with Crippen LogP contribution in [0.4, 0.5) is 4.79 Å². The standard InChI is InChI=1S/C26H28N4O5/c1-26(2,24(33)30-22(23(31)32)11-16-12-27-15-29-16)14-28-25(34)35-13-21-19-9-5-3-7-17(19)18-8-4-6-10-20(18)21/h3-10,12,15,21-22H,11,13-14H2,1-2H3,(H,27,29)(H,28,34)(H,30,33)(H,31,32)/t22-/m0/s1. The summed E-state index contributed by atoms with van der Waals surface area (Å²) in [6.45, 7) is 3.39. The molecule has 4 N–H and O–H groups in total. The van der Waals surface area contributed by atoms with Crippen molar-refractivity contribution >= 4 is 18.0 Å². The summed E-state index contributed by atoms with van der Waals surface area (Å²) in [6.07, 6.45) is 2.38. The number of carboxylic acid groups (broad SMARTS) is 1. The first-order chi connectivity index (χ1) is 16.8. The molecule has 0 aliphatic heterocycles. The maximum atomic E-state index is 12.8. The number of nitrogens with one attached hydrogen (secondary N) is 3. The molecule has 0 saturated carbocycles. The number of amides is 2. The average molecular weight is 477 g/mol. The molecule has 0 radical (unpaired) electrons. The Morgan fingerprint density at radius 1 is 1.09 bits per heavy atom. The summed E-state index contributed by atoms with van der Waals surface area (Å²) in [6, 6.07) is 15.0. The lowest BCUT2D eigenvalue weighted by Crippen LogP contribution is -2.51. The minimum Gasteiger partial charge on any atom is -0.480 e. The van der Waals surface area contributed by atoms with Gasteiger partial charge in [-0.05, 0) is 36.1 Å². The molecule has 0 fully saturated rings. The van der Waals surface area contributed by atoms with Gasteiger partial charge in [0.25, 0.3) is 0 Å². The molecule has 1 aromatic heterocycles. The average Bonchev–Trinajstić information content (AvgIpc) is 3.47. The molecule has 1 atom stereocenters. The number of nitrogens with zero attached hydrogens (tertiary/aromatic N) is 1. The fourth-order valence-corrected chi connectivity index (χ4v) is 4.19. The zero-order chi connectivity index (χ0) is 25.0. The van der Waals surface area contributed by atoms with Gasteiger partial charge in [-0.3, -0.25) is 4.79 Å². The van der Waals surface area contributed by atoms with Crippen LogP contribution in [-0.4, -0.2) is 52.2 Å². The third-order valence-electron chi connectivity index (χ3n) is 6.22. The molecule has 2 aromatic carbocycles. The molecule has 35 heavy (non-hydrogen) atoms. The molecule has 9 nitrogen and oxygen atoms in total. The summed E-state index contributed by atoms with van der Waals surface area (Å²) in [5.41, 5.74) is 4.02. The molecule has 3 aromatic rings. The van der Waals surface area contributed by atoms with E-state index in [0.29, 0.717) is 5.69 Å². The Hall–Kier alpha value is -4.14. The number of alkyl carbamates (subject to hydrolysis) is 1. The SMILES string of the molecule is CC(C)(CNC(=O)OCC1c2ccccc2-c2ccccc21)C(=O)N[C@@H](Cc1cnc[nH]1)C(=O)O. The van der Waals surface area contributed by atoms with Crippen LogP contribution in [0.2, 0.25) is 0 Å². The van der Waals surface area contributed by atoms with Crippen LogP contribution < -0.4 is 10.6 Å². The molecule has 9 heteroatoms. The number of aliphatic carboxylic acids is 1. The van der Waals surface area contributed by atoms with E-state index < -0.39 is 29.4 Å². The van der Waals surface area contributed by atoms with Gasteiger partial charge in [-0.15, -0.1) is 0 Å². The molecular formula is C26H28N4O5. The summed E-state index contributed by atoms with van der Waals surface area (Å²) in [7, 11) is 0. The summed E-state index contributed by atoms with van der Waals surface area (Å²) in [4.78, 5) is 43.5. The number of benzene rings is 2. The second-order valence-corrected chi connectivity index (χ2v) is 9.21. The van der Waals surface area contributed by atoms with E-state index >= 15 is 0 Å². The molecule has 0 bridgehead atoms. The van der Waals surface area contributed by atoms with E-state index in [4.69, 9.17) is 4.74 Å². The van der Waals surface area contributed by atoms with Crippen molar-refractivity contribution in [2.75, 3.05) is 13.2 Å². The molecular weight excluding hydrogens is 448 g/mol. The van der Waals surface area contributed by atoms with Gasteiger partial charge in [0.15, 0.2) is 0 Å². The highest BCUT2D eigenvalue weighted by atomic mass is 16.5. The van der Waals surface area contributed by atoms with Gasteiger partial charge in [0.1, 0.15) is 12.6 Å². The molecule has 1 aliphatic rings. The van der Waals surface area contributed by atoms with Crippen molar-refractivity contribution in [3.63, 3.8) is 0 Å². The van der Waals surface area contributed by atoms with E-state index in [0.717, 1.165) is 22.3 Å². The van der Waals surface area contributed by atoms with Crippen LogP contribution in [0.25, 0.3) is 11.1 Å². The lowest BCUT2D eigenvalue weighted by Gasteiger charge is -2.26. The third kappa shape index (κ3) is 5.34. The molecule has 1 aliphatic carbocycles. The van der Waals surface area contributed by atoms with Gasteiger partial charge in [-0.2, -0.15) is 0 Å². The summed E-state index contributed by atoms with van der Waals surface area (Å²) < 4.78 is 5.52. The largest absolute Gasteiger partial charge is 0.480 e. The number of H-pyrrole nitrogens is 1. The molecule has 1 heterocycles. The van der Waals surface area contributed by atoms with Crippen LogP contribution in [0.1, 0.15) is 36.6 Å². The van der Waals surface area contributed by atoms with Crippen LogP contribution in [0.5, 0.6) is 0 Å². The van der Waals surface area contributed by atoms with Gasteiger partial charge < -0.3 is 25.5 Å². The highest BCUT2D eigenvalue weighted by Crippen LogP contribution is 2.44. The minimum atomic E-state index is -1.16. The van der Waals surface area contributed by atoms with E-state index in [2.05, 4.69) is 32.7 Å². The topological polar surface area (TPSA) is 133 Å². The summed E-state index contributed by atoms with van der Waals surface area (Å²) in [5.74, 6) is -1.72. The minimum absolute atomic E-state index is 0.0219. The normalized spacial score (nSPS) is 13.4. The lowest BCUT2D eigenvalue weighted by atomic mass is 9.91. The van der Waals surface area contributed by atoms with E-state index in [1.807, 2.05) is 36.4 Å². The van der Waals surface area contributed by atoms with Gasteiger partial charge in [0.05, 0.1) is 11.7 Å². The Kier molecular flexibility index (Phi) is 6.86. The maximum absolute atomic E-state index is 12.8. The van der Waals surface area contributed by atoms with Crippen molar-refractivity contribution < 1.29 is 24.2 Å². The predicted octanol–water partition coefficient (Wildman–Crippen LogP) is 3.09. The first kappa shape index (κ1) is 24.0. The number of hydrogen-bond acceptors (Lipinski definition) is 5. The molecule has 2 amide bonds. The van der Waals surface area contributed by atoms with Crippen molar-refractivity contribution in [1.29, 1.82) is 0 Å². The van der Waals surface area contributed by atoms with E-state index in [1.54, 1.807) is 13.8 Å². The van der Waals surface area contributed by atoms with Gasteiger partial charge >= 0.3 is 12.1 Å². The van der Waals surface area contributed by atoms with Crippen LogP contribution in [-0.2, 0) is 20.7 Å². The molecule has 0 saturated heterocycles. The maximum Gasteiger partial charge on any atom is 0.407 e. The van der Waals surface area contributed by atoms with Gasteiger partial charge in [0.2, 0.25) is 5.91 Å². The monoisotopic (exact) mass is 476 g/mol. The second kappa shape index (κ2) is 10.0. The Labute approximate surface area is 202 Å². The molecule has 0 spiro atoms.